The van der Waals surface area contributed by atoms with Gasteiger partial charge in [-0.1, -0.05) is 16.8 Å². The summed E-state index contributed by atoms with van der Waals surface area (Å²) in [5, 5.41) is 15.8. The van der Waals surface area contributed by atoms with Gasteiger partial charge in [0.05, 0.1) is 16.6 Å². The molecule has 1 heterocycles. The normalized spacial score (nSPS) is 12.2. The first kappa shape index (κ1) is 12.4. The third-order valence-corrected chi connectivity index (χ3v) is 2.59. The first-order chi connectivity index (χ1) is 8.58. The summed E-state index contributed by atoms with van der Waals surface area (Å²) in [6.07, 6.45) is 0. The van der Waals surface area contributed by atoms with Gasteiger partial charge in [-0.25, -0.2) is 4.39 Å². The summed E-state index contributed by atoms with van der Waals surface area (Å²) in [5.74, 6) is -0.582. The summed E-state index contributed by atoms with van der Waals surface area (Å²) >= 11 is 5.78. The van der Waals surface area contributed by atoms with Gasteiger partial charge >= 0.3 is 0 Å². The second-order valence-corrected chi connectivity index (χ2v) is 4.00. The second-order valence-electron chi connectivity index (χ2n) is 3.59. The Hall–Kier alpha value is -2.02. The van der Waals surface area contributed by atoms with Crippen LogP contribution in [0.5, 0.6) is 0 Å². The van der Waals surface area contributed by atoms with E-state index >= 15 is 0 Å². The molecule has 0 saturated carbocycles. The number of hydrogen-bond donors (Lipinski definition) is 2. The molecule has 1 atom stereocenters. The molecule has 2 rings (SSSR count). The van der Waals surface area contributed by atoms with Gasteiger partial charge in [-0.3, -0.25) is 4.79 Å². The predicted molar refractivity (Wildman–Crippen MR) is 61.5 cm³/mol. The maximum absolute atomic E-state index is 12.8. The molecule has 1 amide bonds. The van der Waals surface area contributed by atoms with Gasteiger partial charge in [-0.15, -0.1) is 10.2 Å². The third kappa shape index (κ3) is 2.62. The molecule has 8 heteroatoms. The molecule has 0 bridgehead atoms. The van der Waals surface area contributed by atoms with Gasteiger partial charge in [0.1, 0.15) is 5.82 Å². The molecule has 0 aliphatic carbocycles. The molecule has 1 aromatic heterocycles. The Balaban J connectivity index is 2.12. The van der Waals surface area contributed by atoms with Crippen molar-refractivity contribution in [2.45, 2.75) is 13.0 Å². The van der Waals surface area contributed by atoms with E-state index in [9.17, 15) is 9.18 Å². The van der Waals surface area contributed by atoms with E-state index in [0.29, 0.717) is 5.82 Å². The van der Waals surface area contributed by atoms with Crippen LogP contribution in [0.2, 0.25) is 5.02 Å². The number of carbonyl (C=O) groups is 1. The van der Waals surface area contributed by atoms with Crippen molar-refractivity contribution in [1.82, 2.24) is 25.9 Å². The molecule has 1 unspecified atom stereocenters. The third-order valence-electron chi connectivity index (χ3n) is 2.27. The van der Waals surface area contributed by atoms with Crippen LogP contribution in [-0.4, -0.2) is 26.5 Å². The lowest BCUT2D eigenvalue weighted by molar-refractivity contribution is 0.0938. The van der Waals surface area contributed by atoms with Crippen LogP contribution in [0.4, 0.5) is 4.39 Å². The molecule has 94 valence electrons. The van der Waals surface area contributed by atoms with Gasteiger partial charge in [-0.05, 0) is 25.1 Å². The molecule has 0 fully saturated rings. The maximum atomic E-state index is 12.8. The fourth-order valence-corrected chi connectivity index (χ4v) is 1.62. The lowest BCUT2D eigenvalue weighted by Crippen LogP contribution is -2.27. The minimum Gasteiger partial charge on any atom is -0.342 e. The van der Waals surface area contributed by atoms with Crippen LogP contribution in [0.3, 0.4) is 0 Å². The van der Waals surface area contributed by atoms with Crippen molar-refractivity contribution in [2.75, 3.05) is 0 Å². The minimum absolute atomic E-state index is 0.0489. The molecule has 0 aliphatic rings. The Morgan fingerprint density at radius 3 is 2.94 bits per heavy atom. The van der Waals surface area contributed by atoms with E-state index in [1.807, 2.05) is 0 Å². The fourth-order valence-electron chi connectivity index (χ4n) is 1.37. The van der Waals surface area contributed by atoms with Crippen molar-refractivity contribution < 1.29 is 9.18 Å². The quantitative estimate of drug-likeness (QED) is 0.884. The molecular formula is C10H9ClFN5O. The Bertz CT molecular complexity index is 559. The number of tetrazole rings is 1. The SMILES string of the molecule is CC(NC(=O)c1ccc(F)cc1Cl)c1nn[nH]n1. The number of amides is 1. The molecule has 1 aromatic carbocycles. The van der Waals surface area contributed by atoms with E-state index in [-0.39, 0.29) is 10.6 Å². The summed E-state index contributed by atoms with van der Waals surface area (Å²) in [4.78, 5) is 11.9. The lowest BCUT2D eigenvalue weighted by Gasteiger charge is -2.10. The number of nitrogens with zero attached hydrogens (tertiary/aromatic N) is 3. The number of carbonyl (C=O) groups excluding carboxylic acids is 1. The molecule has 0 radical (unpaired) electrons. The first-order valence-corrected chi connectivity index (χ1v) is 5.45. The predicted octanol–water partition coefficient (Wildman–Crippen LogP) is 1.48. The van der Waals surface area contributed by atoms with Crippen LogP contribution in [0.15, 0.2) is 18.2 Å². The zero-order chi connectivity index (χ0) is 13.1. The van der Waals surface area contributed by atoms with Crippen molar-refractivity contribution in [3.8, 4) is 0 Å². The highest BCUT2D eigenvalue weighted by Crippen LogP contribution is 2.18. The smallest absolute Gasteiger partial charge is 0.253 e. The van der Waals surface area contributed by atoms with E-state index in [1.165, 1.54) is 12.1 Å². The number of hydrogen-bond acceptors (Lipinski definition) is 4. The monoisotopic (exact) mass is 269 g/mol. The fraction of sp³-hybridized carbons (Fsp3) is 0.200. The van der Waals surface area contributed by atoms with Gasteiger partial charge < -0.3 is 5.32 Å². The minimum atomic E-state index is -0.497. The average Bonchev–Trinajstić information content (AvgIpc) is 2.81. The average molecular weight is 270 g/mol. The van der Waals surface area contributed by atoms with E-state index in [2.05, 4.69) is 25.9 Å². The van der Waals surface area contributed by atoms with Crippen LogP contribution in [0.1, 0.15) is 29.1 Å². The molecule has 0 saturated heterocycles. The van der Waals surface area contributed by atoms with Crippen molar-refractivity contribution in [1.29, 1.82) is 0 Å². The van der Waals surface area contributed by atoms with Crippen LogP contribution in [-0.2, 0) is 0 Å². The van der Waals surface area contributed by atoms with E-state index < -0.39 is 17.8 Å². The number of benzene rings is 1. The van der Waals surface area contributed by atoms with E-state index in [4.69, 9.17) is 11.6 Å². The van der Waals surface area contributed by atoms with Crippen molar-refractivity contribution in [3.63, 3.8) is 0 Å². The zero-order valence-electron chi connectivity index (χ0n) is 9.32. The summed E-state index contributed by atoms with van der Waals surface area (Å²) in [6, 6.07) is 3.13. The summed E-state index contributed by atoms with van der Waals surface area (Å²) in [7, 11) is 0. The Labute approximate surface area is 107 Å². The van der Waals surface area contributed by atoms with Crippen LogP contribution in [0.25, 0.3) is 0 Å². The second kappa shape index (κ2) is 5.09. The summed E-state index contributed by atoms with van der Waals surface area (Å²) < 4.78 is 12.8. The van der Waals surface area contributed by atoms with Crippen molar-refractivity contribution >= 4 is 17.5 Å². The summed E-state index contributed by atoms with van der Waals surface area (Å²) in [5.41, 5.74) is 0.188. The van der Waals surface area contributed by atoms with E-state index in [0.717, 1.165) is 6.07 Å². The Morgan fingerprint density at radius 2 is 2.33 bits per heavy atom. The molecule has 6 nitrogen and oxygen atoms in total. The van der Waals surface area contributed by atoms with Gasteiger partial charge in [0, 0.05) is 0 Å². The van der Waals surface area contributed by atoms with E-state index in [1.54, 1.807) is 6.92 Å². The molecule has 0 aliphatic heterocycles. The molecule has 0 spiro atoms. The van der Waals surface area contributed by atoms with Crippen molar-refractivity contribution in [3.05, 3.63) is 40.4 Å². The number of H-pyrrole nitrogens is 1. The van der Waals surface area contributed by atoms with Gasteiger partial charge in [0.25, 0.3) is 5.91 Å². The number of aromatic nitrogens is 4. The van der Waals surface area contributed by atoms with Gasteiger partial charge in [0.15, 0.2) is 5.82 Å². The molecule has 18 heavy (non-hydrogen) atoms. The molecule has 2 N–H and O–H groups in total. The number of aromatic amines is 1. The maximum Gasteiger partial charge on any atom is 0.253 e. The Morgan fingerprint density at radius 1 is 1.56 bits per heavy atom. The lowest BCUT2D eigenvalue weighted by atomic mass is 10.2. The molecular weight excluding hydrogens is 261 g/mol. The highest BCUT2D eigenvalue weighted by molar-refractivity contribution is 6.33. The van der Waals surface area contributed by atoms with Crippen molar-refractivity contribution in [2.24, 2.45) is 0 Å². The largest absolute Gasteiger partial charge is 0.342 e. The molecule has 2 aromatic rings. The highest BCUT2D eigenvalue weighted by atomic mass is 35.5. The number of halogens is 2. The van der Waals surface area contributed by atoms with Gasteiger partial charge in [-0.2, -0.15) is 5.21 Å². The van der Waals surface area contributed by atoms with Gasteiger partial charge in [0.2, 0.25) is 0 Å². The van der Waals surface area contributed by atoms with Crippen LogP contribution < -0.4 is 5.32 Å². The number of rotatable bonds is 3. The van der Waals surface area contributed by atoms with Crippen LogP contribution in [0, 0.1) is 5.82 Å². The summed E-state index contributed by atoms with van der Waals surface area (Å²) in [6.45, 7) is 1.69. The number of nitrogens with one attached hydrogen (secondary N) is 2. The highest BCUT2D eigenvalue weighted by Gasteiger charge is 2.16. The topological polar surface area (TPSA) is 83.6 Å². The zero-order valence-corrected chi connectivity index (χ0v) is 10.1. The Kier molecular flexibility index (Phi) is 3.52. The standard InChI is InChI=1S/C10H9ClFN5O/c1-5(9-14-16-17-15-9)13-10(18)7-3-2-6(12)4-8(7)11/h2-5H,1H3,(H,13,18)(H,14,15,16,17). The first-order valence-electron chi connectivity index (χ1n) is 5.07. The van der Waals surface area contributed by atoms with Crippen LogP contribution >= 0.6 is 11.6 Å².